The van der Waals surface area contributed by atoms with Gasteiger partial charge in [-0.25, -0.2) is 22.7 Å². The highest BCUT2D eigenvalue weighted by atomic mass is 32.2. The maximum absolute atomic E-state index is 13.9. The zero-order chi connectivity index (χ0) is 45.2. The van der Waals surface area contributed by atoms with Gasteiger partial charge in [-0.2, -0.15) is 0 Å². The molecule has 5 aromatic carbocycles. The van der Waals surface area contributed by atoms with E-state index >= 15 is 0 Å². The van der Waals surface area contributed by atoms with Gasteiger partial charge in [0.05, 0.1) is 9.82 Å². The van der Waals surface area contributed by atoms with Crippen LogP contribution in [0, 0.1) is 17.0 Å². The summed E-state index contributed by atoms with van der Waals surface area (Å²) >= 11 is 0. The molecule has 0 aliphatic rings. The first-order chi connectivity index (χ1) is 30.2. The standard InChI is InChI=1S/C44H45N7O11S/c1-30-14-24-37(25-15-30)63(58,59)50-42(45)46-26-8-13-38(48-41(53)39(27-31-9-4-2-5-10-31)49-43(54)60-28-32-11-6-3-7-12-32)40(52)47-34-18-16-33(17-19-34)29-61-44(55)62-36-22-20-35(21-23-36)51(56)57/h2-7,9-12,14-25,38-39H,8,13,26-29H2,1H3,(H,47,52)(H,48,53)(H,49,54)(H3,45,46,50)/t38-,39-/m0/s1. The van der Waals surface area contributed by atoms with E-state index in [4.69, 9.17) is 19.9 Å². The number of ether oxygens (including phenoxy) is 3. The molecule has 6 N–H and O–H groups in total. The molecule has 19 heteroatoms. The molecule has 0 saturated heterocycles. The number of non-ortho nitro benzene ring substituents is 1. The molecule has 0 aliphatic carbocycles. The van der Waals surface area contributed by atoms with Gasteiger partial charge in [-0.15, -0.1) is 0 Å². The van der Waals surface area contributed by atoms with Crippen LogP contribution < -0.4 is 31.1 Å². The first kappa shape index (κ1) is 46.3. The Morgan fingerprint density at radius 3 is 1.97 bits per heavy atom. The van der Waals surface area contributed by atoms with Gasteiger partial charge in [-0.3, -0.25) is 24.7 Å². The number of nitrogens with zero attached hydrogens (tertiary/aromatic N) is 2. The van der Waals surface area contributed by atoms with Crippen molar-refractivity contribution in [1.82, 2.24) is 15.4 Å². The van der Waals surface area contributed by atoms with E-state index in [-0.39, 0.29) is 61.3 Å². The molecule has 5 aromatic rings. The number of alkyl carbamates (subject to hydrolysis) is 1. The summed E-state index contributed by atoms with van der Waals surface area (Å²) in [4.78, 5) is 67.3. The van der Waals surface area contributed by atoms with Gasteiger partial charge in [-0.05, 0) is 72.9 Å². The molecule has 0 radical (unpaired) electrons. The zero-order valence-corrected chi connectivity index (χ0v) is 34.8. The quantitative estimate of drug-likeness (QED) is 0.0128. The Bertz CT molecular complexity index is 2470. The van der Waals surface area contributed by atoms with E-state index in [2.05, 4.69) is 25.7 Å². The fraction of sp³-hybridized carbons (Fsp3) is 0.205. The van der Waals surface area contributed by atoms with E-state index in [9.17, 15) is 37.7 Å². The van der Waals surface area contributed by atoms with Gasteiger partial charge in [0.1, 0.15) is 31.0 Å². The van der Waals surface area contributed by atoms with Crippen LogP contribution in [0.5, 0.6) is 5.75 Å². The highest BCUT2D eigenvalue weighted by molar-refractivity contribution is 7.90. The number of rotatable bonds is 19. The van der Waals surface area contributed by atoms with Crippen LogP contribution in [0.25, 0.3) is 0 Å². The van der Waals surface area contributed by atoms with Crippen LogP contribution in [0.3, 0.4) is 0 Å². The van der Waals surface area contributed by atoms with Gasteiger partial charge in [0, 0.05) is 30.8 Å². The number of nitro benzene ring substituents is 1. The third kappa shape index (κ3) is 15.3. The van der Waals surface area contributed by atoms with E-state index in [0.29, 0.717) is 11.3 Å². The van der Waals surface area contributed by atoms with Crippen molar-refractivity contribution in [2.45, 2.75) is 56.4 Å². The molecule has 5 rings (SSSR count). The molecule has 0 bridgehead atoms. The van der Waals surface area contributed by atoms with Gasteiger partial charge in [0.25, 0.3) is 15.7 Å². The van der Waals surface area contributed by atoms with Crippen LogP contribution in [0.1, 0.15) is 35.1 Å². The summed E-state index contributed by atoms with van der Waals surface area (Å²) in [6.07, 6.45) is -1.66. The second-order valence-corrected chi connectivity index (χ2v) is 15.6. The van der Waals surface area contributed by atoms with Crippen LogP contribution in [0.15, 0.2) is 143 Å². The number of guanidine groups is 1. The number of amides is 3. The van der Waals surface area contributed by atoms with E-state index in [1.165, 1.54) is 36.4 Å². The topological polar surface area (TPSA) is 260 Å². The number of hydrogen-bond donors (Lipinski definition) is 5. The maximum atomic E-state index is 13.9. The summed E-state index contributed by atoms with van der Waals surface area (Å²) in [7, 11) is -4.01. The molecule has 0 heterocycles. The van der Waals surface area contributed by atoms with Crippen LogP contribution >= 0.6 is 0 Å². The smallest absolute Gasteiger partial charge is 0.445 e. The second-order valence-electron chi connectivity index (χ2n) is 13.9. The summed E-state index contributed by atoms with van der Waals surface area (Å²) in [5.74, 6) is -1.63. The minimum atomic E-state index is -4.01. The largest absolute Gasteiger partial charge is 0.514 e. The number of benzene rings is 5. The number of anilines is 1. The van der Waals surface area contributed by atoms with Gasteiger partial charge in [-0.1, -0.05) is 90.5 Å². The summed E-state index contributed by atoms with van der Waals surface area (Å²) in [5, 5.41) is 19.0. The molecule has 328 valence electrons. The Balaban J connectivity index is 1.24. The second kappa shape index (κ2) is 22.7. The number of nitro groups is 1. The van der Waals surface area contributed by atoms with Gasteiger partial charge >= 0.3 is 12.2 Å². The van der Waals surface area contributed by atoms with E-state index in [1.807, 2.05) is 13.0 Å². The number of hydrogen-bond acceptors (Lipinski definition) is 12. The van der Waals surface area contributed by atoms with E-state index in [1.54, 1.807) is 91.0 Å². The Morgan fingerprint density at radius 2 is 1.33 bits per heavy atom. The number of sulfonamides is 1. The minimum absolute atomic E-state index is 0.00365. The summed E-state index contributed by atoms with van der Waals surface area (Å²) < 4.78 is 43.4. The van der Waals surface area contributed by atoms with Crippen molar-refractivity contribution >= 4 is 51.4 Å². The highest BCUT2D eigenvalue weighted by Gasteiger charge is 2.28. The average Bonchev–Trinajstić information content (AvgIpc) is 3.27. The molecule has 3 amide bonds. The summed E-state index contributed by atoms with van der Waals surface area (Å²) in [6, 6.07) is 32.9. The lowest BCUT2D eigenvalue weighted by molar-refractivity contribution is -0.384. The number of aliphatic imine (C=N–C) groups is 1. The lowest BCUT2D eigenvalue weighted by Gasteiger charge is -2.23. The third-order valence-electron chi connectivity index (χ3n) is 9.07. The molecule has 0 unspecified atom stereocenters. The lowest BCUT2D eigenvalue weighted by Crippen LogP contribution is -2.53. The maximum Gasteiger partial charge on any atom is 0.514 e. The Kier molecular flexibility index (Phi) is 16.7. The number of carbonyl (C=O) groups excluding carboxylic acids is 4. The Labute approximate surface area is 363 Å². The van der Waals surface area contributed by atoms with Crippen molar-refractivity contribution in [3.8, 4) is 5.75 Å². The normalized spacial score (nSPS) is 12.2. The van der Waals surface area contributed by atoms with Crippen molar-refractivity contribution in [2.75, 3.05) is 11.9 Å². The molecule has 18 nitrogen and oxygen atoms in total. The minimum Gasteiger partial charge on any atom is -0.445 e. The predicted molar refractivity (Wildman–Crippen MR) is 232 cm³/mol. The Hall–Kier alpha value is -7.80. The van der Waals surface area contributed by atoms with Gasteiger partial charge in [0.15, 0.2) is 0 Å². The fourth-order valence-electron chi connectivity index (χ4n) is 5.77. The van der Waals surface area contributed by atoms with Crippen molar-refractivity contribution in [3.63, 3.8) is 0 Å². The monoisotopic (exact) mass is 879 g/mol. The summed E-state index contributed by atoms with van der Waals surface area (Å²) in [5.41, 5.74) is 8.93. The third-order valence-corrected chi connectivity index (χ3v) is 10.4. The van der Waals surface area contributed by atoms with Crippen LogP contribution in [0.2, 0.25) is 0 Å². The van der Waals surface area contributed by atoms with E-state index in [0.717, 1.165) is 16.7 Å². The molecule has 0 aromatic heterocycles. The summed E-state index contributed by atoms with van der Waals surface area (Å²) in [6.45, 7) is 1.55. The molecule has 0 spiro atoms. The van der Waals surface area contributed by atoms with Crippen LogP contribution in [-0.2, 0) is 48.7 Å². The highest BCUT2D eigenvalue weighted by Crippen LogP contribution is 2.19. The van der Waals surface area contributed by atoms with Crippen molar-refractivity contribution in [3.05, 3.63) is 166 Å². The van der Waals surface area contributed by atoms with Crippen molar-refractivity contribution in [1.29, 1.82) is 0 Å². The first-order valence-electron chi connectivity index (χ1n) is 19.4. The first-order valence-corrected chi connectivity index (χ1v) is 20.9. The molecular formula is C44H45N7O11S. The zero-order valence-electron chi connectivity index (χ0n) is 34.0. The molecule has 2 atom stereocenters. The number of aryl methyl sites for hydroxylation is 1. The SMILES string of the molecule is Cc1ccc(S(=O)(=O)NC(N)=NCCC[C@H](NC(=O)[C@H](Cc2ccccc2)NC(=O)OCc2ccccc2)C(=O)Nc2ccc(COC(=O)Oc3ccc([N+](=O)[O-])cc3)cc2)cc1. The molecular weight excluding hydrogens is 835 g/mol. The van der Waals surface area contributed by atoms with Gasteiger partial charge in [0.2, 0.25) is 17.8 Å². The Morgan fingerprint density at radius 1 is 0.730 bits per heavy atom. The lowest BCUT2D eigenvalue weighted by atomic mass is 10.0. The van der Waals surface area contributed by atoms with Crippen LogP contribution in [-0.4, -0.2) is 62.0 Å². The molecule has 0 saturated carbocycles. The molecule has 0 fully saturated rings. The fourth-order valence-corrected chi connectivity index (χ4v) is 6.72. The molecule has 0 aliphatic heterocycles. The number of carbonyl (C=O) groups is 4. The molecule has 63 heavy (non-hydrogen) atoms. The van der Waals surface area contributed by atoms with Crippen molar-refractivity contribution in [2.24, 2.45) is 10.7 Å². The number of nitrogens with one attached hydrogen (secondary N) is 4. The van der Waals surface area contributed by atoms with Crippen LogP contribution in [0.4, 0.5) is 21.0 Å². The van der Waals surface area contributed by atoms with E-state index < -0.39 is 51.1 Å². The number of nitrogens with two attached hydrogens (primary N) is 1. The predicted octanol–water partition coefficient (Wildman–Crippen LogP) is 5.65. The van der Waals surface area contributed by atoms with Crippen molar-refractivity contribution < 1.29 is 46.7 Å². The average molecular weight is 880 g/mol. The van der Waals surface area contributed by atoms with Gasteiger partial charge < -0.3 is 35.9 Å².